The van der Waals surface area contributed by atoms with Crippen molar-refractivity contribution in [3.8, 4) is 11.5 Å². The van der Waals surface area contributed by atoms with Gasteiger partial charge in [0.1, 0.15) is 11.6 Å². The predicted octanol–water partition coefficient (Wildman–Crippen LogP) is 4.50. The molecule has 0 aliphatic carbocycles. The molecule has 2 aromatic rings. The molecule has 2 rings (SSSR count). The standard InChI is InChI=1S/C13H9ClF2O/c14-8-9-3-1-6-12(16)13(9)17-11-5-2-4-10(15)7-11/h1-7H,8H2. The lowest BCUT2D eigenvalue weighted by Gasteiger charge is -2.10. The van der Waals surface area contributed by atoms with Gasteiger partial charge in [0.05, 0.1) is 5.88 Å². The van der Waals surface area contributed by atoms with Crippen molar-refractivity contribution in [2.75, 3.05) is 0 Å². The average Bonchev–Trinajstić information content (AvgIpc) is 2.32. The van der Waals surface area contributed by atoms with E-state index >= 15 is 0 Å². The molecule has 0 heterocycles. The van der Waals surface area contributed by atoms with Crippen LogP contribution in [0.1, 0.15) is 5.56 Å². The molecule has 4 heteroatoms. The summed E-state index contributed by atoms with van der Waals surface area (Å²) in [5.74, 6) is -0.559. The molecule has 0 aliphatic rings. The number of para-hydroxylation sites is 1. The predicted molar refractivity (Wildman–Crippen MR) is 62.4 cm³/mol. The van der Waals surface area contributed by atoms with Crippen LogP contribution < -0.4 is 4.74 Å². The van der Waals surface area contributed by atoms with E-state index in [0.29, 0.717) is 5.56 Å². The minimum atomic E-state index is -0.521. The van der Waals surface area contributed by atoms with Crippen molar-refractivity contribution >= 4 is 11.6 Å². The molecule has 0 saturated heterocycles. The largest absolute Gasteiger partial charge is 0.454 e. The Balaban J connectivity index is 2.35. The Morgan fingerprint density at radius 2 is 1.82 bits per heavy atom. The maximum absolute atomic E-state index is 13.5. The molecule has 0 atom stereocenters. The molecule has 0 amide bonds. The van der Waals surface area contributed by atoms with Crippen molar-refractivity contribution in [3.05, 3.63) is 59.7 Å². The van der Waals surface area contributed by atoms with E-state index in [-0.39, 0.29) is 17.4 Å². The van der Waals surface area contributed by atoms with Gasteiger partial charge in [-0.2, -0.15) is 0 Å². The molecule has 0 fully saturated rings. The summed E-state index contributed by atoms with van der Waals surface area (Å²) in [6.45, 7) is 0. The summed E-state index contributed by atoms with van der Waals surface area (Å²) in [7, 11) is 0. The second-order valence-electron chi connectivity index (χ2n) is 3.42. The monoisotopic (exact) mass is 254 g/mol. The summed E-state index contributed by atoms with van der Waals surface area (Å²) in [5, 5.41) is 0. The fourth-order valence-corrected chi connectivity index (χ4v) is 1.63. The SMILES string of the molecule is Fc1cccc(Oc2c(F)cccc2CCl)c1. The summed E-state index contributed by atoms with van der Waals surface area (Å²) < 4.78 is 31.8. The van der Waals surface area contributed by atoms with E-state index in [2.05, 4.69) is 0 Å². The van der Waals surface area contributed by atoms with Gasteiger partial charge in [0.25, 0.3) is 0 Å². The van der Waals surface area contributed by atoms with E-state index in [0.717, 1.165) is 0 Å². The molecular weight excluding hydrogens is 246 g/mol. The average molecular weight is 255 g/mol. The molecule has 17 heavy (non-hydrogen) atoms. The van der Waals surface area contributed by atoms with Crippen LogP contribution in [-0.2, 0) is 5.88 Å². The highest BCUT2D eigenvalue weighted by atomic mass is 35.5. The maximum atomic E-state index is 13.5. The van der Waals surface area contributed by atoms with Crippen LogP contribution in [0, 0.1) is 11.6 Å². The quantitative estimate of drug-likeness (QED) is 0.733. The van der Waals surface area contributed by atoms with Gasteiger partial charge in [-0.05, 0) is 18.2 Å². The molecule has 0 spiro atoms. The number of alkyl halides is 1. The Labute approximate surface area is 103 Å². The van der Waals surface area contributed by atoms with Gasteiger partial charge >= 0.3 is 0 Å². The van der Waals surface area contributed by atoms with Gasteiger partial charge < -0.3 is 4.74 Å². The first kappa shape index (κ1) is 11.9. The van der Waals surface area contributed by atoms with Crippen LogP contribution in [0.4, 0.5) is 8.78 Å². The van der Waals surface area contributed by atoms with Gasteiger partial charge in [-0.1, -0.05) is 18.2 Å². The molecule has 0 saturated carbocycles. The molecule has 0 aromatic heterocycles. The zero-order valence-electron chi connectivity index (χ0n) is 8.79. The third kappa shape index (κ3) is 2.74. The highest BCUT2D eigenvalue weighted by Crippen LogP contribution is 2.29. The number of rotatable bonds is 3. The molecule has 1 nitrogen and oxygen atoms in total. The van der Waals surface area contributed by atoms with Gasteiger partial charge in [-0.15, -0.1) is 11.6 Å². The van der Waals surface area contributed by atoms with E-state index < -0.39 is 11.6 Å². The summed E-state index contributed by atoms with van der Waals surface area (Å²) in [6.07, 6.45) is 0. The van der Waals surface area contributed by atoms with E-state index in [1.165, 1.54) is 24.3 Å². The summed E-state index contributed by atoms with van der Waals surface area (Å²) in [5.41, 5.74) is 0.524. The van der Waals surface area contributed by atoms with Crippen molar-refractivity contribution < 1.29 is 13.5 Å². The topological polar surface area (TPSA) is 9.23 Å². The fraction of sp³-hybridized carbons (Fsp3) is 0.0769. The van der Waals surface area contributed by atoms with Gasteiger partial charge in [0.15, 0.2) is 11.6 Å². The first-order valence-electron chi connectivity index (χ1n) is 4.97. The third-order valence-corrected chi connectivity index (χ3v) is 2.50. The van der Waals surface area contributed by atoms with Crippen molar-refractivity contribution in [1.29, 1.82) is 0 Å². The van der Waals surface area contributed by atoms with Crippen LogP contribution in [0.15, 0.2) is 42.5 Å². The first-order chi connectivity index (χ1) is 8.20. The lowest BCUT2D eigenvalue weighted by atomic mass is 10.2. The number of hydrogen-bond donors (Lipinski definition) is 0. The number of hydrogen-bond acceptors (Lipinski definition) is 1. The zero-order valence-corrected chi connectivity index (χ0v) is 9.55. The molecule has 0 unspecified atom stereocenters. The number of halogens is 3. The van der Waals surface area contributed by atoms with E-state index in [4.69, 9.17) is 16.3 Å². The maximum Gasteiger partial charge on any atom is 0.167 e. The molecule has 88 valence electrons. The molecule has 0 bridgehead atoms. The minimum Gasteiger partial charge on any atom is -0.454 e. The van der Waals surface area contributed by atoms with Gasteiger partial charge in [-0.3, -0.25) is 0 Å². The van der Waals surface area contributed by atoms with E-state index in [1.54, 1.807) is 18.2 Å². The Morgan fingerprint density at radius 1 is 1.06 bits per heavy atom. The van der Waals surface area contributed by atoms with Gasteiger partial charge in [-0.25, -0.2) is 8.78 Å². The van der Waals surface area contributed by atoms with Crippen LogP contribution in [-0.4, -0.2) is 0 Å². The molecular formula is C13H9ClF2O. The highest BCUT2D eigenvalue weighted by Gasteiger charge is 2.10. The third-order valence-electron chi connectivity index (χ3n) is 2.21. The second kappa shape index (κ2) is 5.15. The lowest BCUT2D eigenvalue weighted by Crippen LogP contribution is -1.93. The Bertz CT molecular complexity index is 529. The van der Waals surface area contributed by atoms with Crippen LogP contribution >= 0.6 is 11.6 Å². The molecule has 0 N–H and O–H groups in total. The number of benzene rings is 2. The first-order valence-corrected chi connectivity index (χ1v) is 5.51. The van der Waals surface area contributed by atoms with Crippen molar-refractivity contribution in [2.24, 2.45) is 0 Å². The second-order valence-corrected chi connectivity index (χ2v) is 3.69. The normalized spacial score (nSPS) is 10.3. The Hall–Kier alpha value is -1.61. The fourth-order valence-electron chi connectivity index (χ4n) is 1.42. The van der Waals surface area contributed by atoms with Crippen molar-refractivity contribution in [3.63, 3.8) is 0 Å². The van der Waals surface area contributed by atoms with Crippen LogP contribution in [0.5, 0.6) is 11.5 Å². The summed E-state index contributed by atoms with van der Waals surface area (Å²) in [4.78, 5) is 0. The van der Waals surface area contributed by atoms with E-state index in [1.807, 2.05) is 0 Å². The van der Waals surface area contributed by atoms with E-state index in [9.17, 15) is 8.78 Å². The zero-order chi connectivity index (χ0) is 12.3. The molecule has 0 aliphatic heterocycles. The van der Waals surface area contributed by atoms with Crippen molar-refractivity contribution in [2.45, 2.75) is 5.88 Å². The van der Waals surface area contributed by atoms with Crippen LogP contribution in [0.25, 0.3) is 0 Å². The highest BCUT2D eigenvalue weighted by molar-refractivity contribution is 6.17. The van der Waals surface area contributed by atoms with Crippen molar-refractivity contribution in [1.82, 2.24) is 0 Å². The number of ether oxygens (including phenoxy) is 1. The smallest absolute Gasteiger partial charge is 0.167 e. The Morgan fingerprint density at radius 3 is 2.53 bits per heavy atom. The summed E-state index contributed by atoms with van der Waals surface area (Å²) >= 11 is 5.68. The van der Waals surface area contributed by atoms with Gasteiger partial charge in [0, 0.05) is 11.6 Å². The molecule has 2 aromatic carbocycles. The van der Waals surface area contributed by atoms with Crippen LogP contribution in [0.3, 0.4) is 0 Å². The molecule has 0 radical (unpaired) electrons. The minimum absolute atomic E-state index is 0.0353. The summed E-state index contributed by atoms with van der Waals surface area (Å²) in [6, 6.07) is 9.99. The van der Waals surface area contributed by atoms with Crippen LogP contribution in [0.2, 0.25) is 0 Å². The van der Waals surface area contributed by atoms with Gasteiger partial charge in [0.2, 0.25) is 0 Å². The Kier molecular flexibility index (Phi) is 3.59. The lowest BCUT2D eigenvalue weighted by molar-refractivity contribution is 0.435.